The number of ether oxygens (including phenoxy) is 7. The van der Waals surface area contributed by atoms with Crippen LogP contribution in [0.3, 0.4) is 0 Å². The summed E-state index contributed by atoms with van der Waals surface area (Å²) >= 11 is 0. The first kappa shape index (κ1) is 22.0. The Hall–Kier alpha value is -2.23. The molecule has 5 atom stereocenters. The normalized spacial score (nSPS) is 32.5. The van der Waals surface area contributed by atoms with Crippen molar-refractivity contribution in [2.75, 3.05) is 26.9 Å². The molecule has 1 aromatic rings. The molecule has 8 nitrogen and oxygen atoms in total. The molecule has 8 heteroatoms. The van der Waals surface area contributed by atoms with Gasteiger partial charge in [0.2, 0.25) is 6.29 Å². The highest BCUT2D eigenvalue weighted by Crippen LogP contribution is 2.47. The van der Waals surface area contributed by atoms with Crippen molar-refractivity contribution in [2.45, 2.75) is 51.3 Å². The first-order valence-corrected chi connectivity index (χ1v) is 10.5. The zero-order valence-electron chi connectivity index (χ0n) is 18.2. The summed E-state index contributed by atoms with van der Waals surface area (Å²) in [7, 11) is 1.52. The summed E-state index contributed by atoms with van der Waals surface area (Å²) in [6.07, 6.45) is -0.779. The fourth-order valence-corrected chi connectivity index (χ4v) is 4.13. The van der Waals surface area contributed by atoms with E-state index in [4.69, 9.17) is 33.2 Å². The van der Waals surface area contributed by atoms with Crippen LogP contribution in [0.15, 0.2) is 53.3 Å². The molecule has 0 spiro atoms. The van der Waals surface area contributed by atoms with Crippen molar-refractivity contribution in [2.24, 2.45) is 0 Å². The molecule has 31 heavy (non-hydrogen) atoms. The third-order valence-electron chi connectivity index (χ3n) is 5.46. The van der Waals surface area contributed by atoms with Gasteiger partial charge in [0, 0.05) is 24.9 Å². The number of fused-ring (bicyclic) bond motifs is 3. The molecule has 0 bridgehead atoms. The lowest BCUT2D eigenvalue weighted by Crippen LogP contribution is -2.64. The largest absolute Gasteiger partial charge is 0.462 e. The maximum Gasteiger partial charge on any atom is 0.341 e. The van der Waals surface area contributed by atoms with Crippen LogP contribution < -0.4 is 0 Å². The zero-order chi connectivity index (χ0) is 22.0. The third kappa shape index (κ3) is 3.90. The van der Waals surface area contributed by atoms with Gasteiger partial charge in [0.05, 0.1) is 18.8 Å². The molecule has 3 heterocycles. The SMILES string of the molecule is CCOC(=O)C1=C(C)O[C@]2(OCC)C(=C1)[C@@H]1O[C@H](c3ccccc3)OC[C@H]1O[C@@H]2OC. The Morgan fingerprint density at radius 3 is 2.61 bits per heavy atom. The molecular formula is C23H28O8. The average Bonchev–Trinajstić information content (AvgIpc) is 2.78. The van der Waals surface area contributed by atoms with E-state index in [1.54, 1.807) is 19.9 Å². The summed E-state index contributed by atoms with van der Waals surface area (Å²) in [4.78, 5) is 12.6. The first-order chi connectivity index (χ1) is 15.0. The molecule has 4 rings (SSSR count). The van der Waals surface area contributed by atoms with Crippen molar-refractivity contribution < 1.29 is 38.0 Å². The maximum absolute atomic E-state index is 12.6. The van der Waals surface area contributed by atoms with Crippen LogP contribution >= 0.6 is 0 Å². The van der Waals surface area contributed by atoms with E-state index < -0.39 is 36.5 Å². The first-order valence-electron chi connectivity index (χ1n) is 10.5. The Balaban J connectivity index is 1.76. The smallest absolute Gasteiger partial charge is 0.341 e. The quantitative estimate of drug-likeness (QED) is 0.635. The molecule has 0 unspecified atom stereocenters. The molecule has 0 aliphatic carbocycles. The van der Waals surface area contributed by atoms with Crippen LogP contribution in [0.1, 0.15) is 32.6 Å². The maximum atomic E-state index is 12.6. The lowest BCUT2D eigenvalue weighted by atomic mass is 9.87. The minimum absolute atomic E-state index is 0.256. The molecular weight excluding hydrogens is 404 g/mol. The predicted octanol–water partition coefficient (Wildman–Crippen LogP) is 3.00. The number of esters is 1. The highest BCUT2D eigenvalue weighted by Gasteiger charge is 2.60. The van der Waals surface area contributed by atoms with Gasteiger partial charge in [-0.2, -0.15) is 0 Å². The van der Waals surface area contributed by atoms with Crippen molar-refractivity contribution in [1.29, 1.82) is 0 Å². The molecule has 0 radical (unpaired) electrons. The van der Waals surface area contributed by atoms with E-state index in [-0.39, 0.29) is 13.2 Å². The molecule has 2 fully saturated rings. The Labute approximate surface area is 181 Å². The number of rotatable bonds is 6. The monoisotopic (exact) mass is 432 g/mol. The van der Waals surface area contributed by atoms with E-state index in [1.165, 1.54) is 7.11 Å². The molecule has 3 aliphatic rings. The molecule has 3 aliphatic heterocycles. The van der Waals surface area contributed by atoms with E-state index in [1.807, 2.05) is 37.3 Å². The highest BCUT2D eigenvalue weighted by molar-refractivity contribution is 5.92. The lowest BCUT2D eigenvalue weighted by molar-refractivity contribution is -0.384. The molecule has 0 amide bonds. The van der Waals surface area contributed by atoms with Crippen LogP contribution in [0.4, 0.5) is 0 Å². The van der Waals surface area contributed by atoms with Gasteiger partial charge in [-0.15, -0.1) is 0 Å². The van der Waals surface area contributed by atoms with Gasteiger partial charge in [-0.05, 0) is 26.8 Å². The van der Waals surface area contributed by atoms with Crippen LogP contribution in [0.2, 0.25) is 0 Å². The minimum Gasteiger partial charge on any atom is -0.462 e. The van der Waals surface area contributed by atoms with Crippen molar-refractivity contribution in [3.05, 3.63) is 58.9 Å². The number of hydrogen-bond acceptors (Lipinski definition) is 8. The van der Waals surface area contributed by atoms with Gasteiger partial charge < -0.3 is 33.2 Å². The second-order valence-corrected chi connectivity index (χ2v) is 7.37. The van der Waals surface area contributed by atoms with E-state index in [0.717, 1.165) is 5.56 Å². The van der Waals surface area contributed by atoms with Crippen molar-refractivity contribution in [3.8, 4) is 0 Å². The van der Waals surface area contributed by atoms with Gasteiger partial charge in [0.1, 0.15) is 18.0 Å². The molecule has 168 valence electrons. The summed E-state index contributed by atoms with van der Waals surface area (Å²) in [5.74, 6) is -1.49. The van der Waals surface area contributed by atoms with E-state index in [9.17, 15) is 4.79 Å². The van der Waals surface area contributed by atoms with Gasteiger partial charge in [-0.25, -0.2) is 4.79 Å². The van der Waals surface area contributed by atoms with Crippen LogP contribution in [-0.4, -0.2) is 57.2 Å². The second kappa shape index (κ2) is 9.10. The Kier molecular flexibility index (Phi) is 6.45. The Morgan fingerprint density at radius 2 is 1.94 bits per heavy atom. The number of hydrogen-bond donors (Lipinski definition) is 0. The predicted molar refractivity (Wildman–Crippen MR) is 109 cm³/mol. The highest BCUT2D eigenvalue weighted by atomic mass is 16.8. The lowest BCUT2D eigenvalue weighted by Gasteiger charge is -2.52. The second-order valence-electron chi connectivity index (χ2n) is 7.37. The topological polar surface area (TPSA) is 81.7 Å². The number of carbonyl (C=O) groups excluding carboxylic acids is 1. The van der Waals surface area contributed by atoms with E-state index >= 15 is 0 Å². The summed E-state index contributed by atoms with van der Waals surface area (Å²) in [5.41, 5.74) is 1.80. The van der Waals surface area contributed by atoms with Gasteiger partial charge in [-0.3, -0.25) is 0 Å². The minimum atomic E-state index is -1.39. The van der Waals surface area contributed by atoms with Gasteiger partial charge >= 0.3 is 5.97 Å². The number of allylic oxidation sites excluding steroid dienone is 1. The molecule has 2 saturated heterocycles. The Bertz CT molecular complexity index is 864. The van der Waals surface area contributed by atoms with E-state index in [2.05, 4.69) is 0 Å². The summed E-state index contributed by atoms with van der Waals surface area (Å²) < 4.78 is 41.5. The van der Waals surface area contributed by atoms with Crippen molar-refractivity contribution in [1.82, 2.24) is 0 Å². The third-order valence-corrected chi connectivity index (χ3v) is 5.46. The van der Waals surface area contributed by atoms with Crippen LogP contribution in [0.5, 0.6) is 0 Å². The molecule has 0 N–H and O–H groups in total. The Morgan fingerprint density at radius 1 is 1.16 bits per heavy atom. The average molecular weight is 432 g/mol. The van der Waals surface area contributed by atoms with Crippen LogP contribution in [0, 0.1) is 0 Å². The summed E-state index contributed by atoms with van der Waals surface area (Å²) in [5, 5.41) is 0. The fourth-order valence-electron chi connectivity index (χ4n) is 4.13. The number of methoxy groups -OCH3 is 1. The van der Waals surface area contributed by atoms with Gasteiger partial charge in [0.25, 0.3) is 5.79 Å². The molecule has 0 aromatic heterocycles. The van der Waals surface area contributed by atoms with Crippen molar-refractivity contribution in [3.63, 3.8) is 0 Å². The standard InChI is InChI=1S/C23H28O8/c1-5-26-20(24)16-12-17-19-18(13-27-21(30-19)15-10-8-7-9-11-15)29-22(25-4)23(17,28-6-2)31-14(16)3/h7-12,18-19,21-22H,5-6,13H2,1-4H3/t18-,19+,21-,22+,23-/m1/s1. The molecule has 1 aromatic carbocycles. The van der Waals surface area contributed by atoms with Crippen LogP contribution in [0.25, 0.3) is 0 Å². The fraction of sp³-hybridized carbons (Fsp3) is 0.522. The van der Waals surface area contributed by atoms with E-state index in [0.29, 0.717) is 23.5 Å². The van der Waals surface area contributed by atoms with Gasteiger partial charge in [0.15, 0.2) is 6.29 Å². The summed E-state index contributed by atoms with van der Waals surface area (Å²) in [6, 6.07) is 9.64. The van der Waals surface area contributed by atoms with Gasteiger partial charge in [-0.1, -0.05) is 30.3 Å². The van der Waals surface area contributed by atoms with Crippen molar-refractivity contribution >= 4 is 5.97 Å². The summed E-state index contributed by atoms with van der Waals surface area (Å²) in [6.45, 7) is 6.17. The molecule has 0 saturated carbocycles. The number of carbonyl (C=O) groups is 1. The van der Waals surface area contributed by atoms with Crippen LogP contribution in [-0.2, 0) is 38.0 Å². The number of benzene rings is 1. The zero-order valence-corrected chi connectivity index (χ0v) is 18.2.